The molecule has 1 saturated carbocycles. The van der Waals surface area contributed by atoms with Crippen molar-refractivity contribution in [1.29, 1.82) is 0 Å². The standard InChI is InChI=1S/C16H29N3S/c1-6-19(12(4)5)16-18-15(13-7-8-13)14(20-16)10-17-9-11(2)3/h11-13,17H,6-10H2,1-5H3. The molecule has 0 amide bonds. The summed E-state index contributed by atoms with van der Waals surface area (Å²) in [5.74, 6) is 1.44. The van der Waals surface area contributed by atoms with Gasteiger partial charge in [-0.1, -0.05) is 13.8 Å². The molecule has 1 aromatic heterocycles. The average molecular weight is 295 g/mol. The van der Waals surface area contributed by atoms with E-state index in [0.717, 1.165) is 25.6 Å². The number of thiazole rings is 1. The lowest BCUT2D eigenvalue weighted by Gasteiger charge is -2.24. The SMILES string of the molecule is CCN(c1nc(C2CC2)c(CNCC(C)C)s1)C(C)C. The van der Waals surface area contributed by atoms with Crippen molar-refractivity contribution < 1.29 is 0 Å². The summed E-state index contributed by atoms with van der Waals surface area (Å²) < 4.78 is 0. The molecule has 0 saturated heterocycles. The Bertz CT molecular complexity index is 421. The fourth-order valence-electron chi connectivity index (χ4n) is 2.47. The Hall–Kier alpha value is -0.610. The van der Waals surface area contributed by atoms with Gasteiger partial charge in [-0.2, -0.15) is 0 Å². The zero-order valence-electron chi connectivity index (χ0n) is 13.6. The van der Waals surface area contributed by atoms with Crippen molar-refractivity contribution in [3.8, 4) is 0 Å². The minimum absolute atomic E-state index is 0.523. The van der Waals surface area contributed by atoms with Crippen LogP contribution in [0.3, 0.4) is 0 Å². The molecule has 1 aromatic rings. The Labute approximate surface area is 127 Å². The second kappa shape index (κ2) is 6.90. The van der Waals surface area contributed by atoms with E-state index in [-0.39, 0.29) is 0 Å². The van der Waals surface area contributed by atoms with Gasteiger partial charge in [0.1, 0.15) is 0 Å². The molecule has 2 rings (SSSR count). The minimum atomic E-state index is 0.523. The fourth-order valence-corrected chi connectivity index (χ4v) is 3.78. The van der Waals surface area contributed by atoms with Crippen LogP contribution >= 0.6 is 11.3 Å². The van der Waals surface area contributed by atoms with E-state index >= 15 is 0 Å². The number of nitrogens with one attached hydrogen (secondary N) is 1. The van der Waals surface area contributed by atoms with E-state index in [2.05, 4.69) is 44.8 Å². The molecule has 1 heterocycles. The Balaban J connectivity index is 2.11. The molecule has 0 aromatic carbocycles. The first-order valence-electron chi connectivity index (χ1n) is 7.99. The lowest BCUT2D eigenvalue weighted by Crippen LogP contribution is -2.30. The Morgan fingerprint density at radius 2 is 2.00 bits per heavy atom. The summed E-state index contributed by atoms with van der Waals surface area (Å²) in [6.45, 7) is 14.3. The number of hydrogen-bond acceptors (Lipinski definition) is 4. The van der Waals surface area contributed by atoms with Gasteiger partial charge in [0, 0.05) is 29.9 Å². The highest BCUT2D eigenvalue weighted by molar-refractivity contribution is 7.15. The van der Waals surface area contributed by atoms with E-state index in [4.69, 9.17) is 4.98 Å². The zero-order valence-corrected chi connectivity index (χ0v) is 14.4. The number of hydrogen-bond donors (Lipinski definition) is 1. The van der Waals surface area contributed by atoms with Gasteiger partial charge in [0.2, 0.25) is 0 Å². The number of aromatic nitrogens is 1. The number of rotatable bonds is 8. The molecular formula is C16H29N3S. The molecular weight excluding hydrogens is 266 g/mol. The maximum atomic E-state index is 4.97. The third-order valence-electron chi connectivity index (χ3n) is 3.73. The molecule has 1 fully saturated rings. The van der Waals surface area contributed by atoms with Crippen molar-refractivity contribution in [3.05, 3.63) is 10.6 Å². The first-order valence-corrected chi connectivity index (χ1v) is 8.81. The molecule has 0 radical (unpaired) electrons. The molecule has 0 unspecified atom stereocenters. The molecule has 1 aliphatic rings. The van der Waals surface area contributed by atoms with E-state index in [0.29, 0.717) is 12.0 Å². The number of anilines is 1. The van der Waals surface area contributed by atoms with Crippen molar-refractivity contribution >= 4 is 16.5 Å². The van der Waals surface area contributed by atoms with E-state index in [1.165, 1.54) is 28.5 Å². The predicted octanol–water partition coefficient (Wildman–Crippen LogP) is 4.00. The van der Waals surface area contributed by atoms with Gasteiger partial charge in [-0.3, -0.25) is 0 Å². The van der Waals surface area contributed by atoms with E-state index in [9.17, 15) is 0 Å². The molecule has 114 valence electrons. The van der Waals surface area contributed by atoms with Crippen molar-refractivity contribution in [3.63, 3.8) is 0 Å². The lowest BCUT2D eigenvalue weighted by molar-refractivity contribution is 0.553. The third kappa shape index (κ3) is 3.95. The van der Waals surface area contributed by atoms with Crippen LogP contribution in [0.4, 0.5) is 5.13 Å². The predicted molar refractivity (Wildman–Crippen MR) is 88.8 cm³/mol. The molecule has 4 heteroatoms. The molecule has 3 nitrogen and oxygen atoms in total. The Kier molecular flexibility index (Phi) is 5.44. The summed E-state index contributed by atoms with van der Waals surface area (Å²) in [5, 5.41) is 4.79. The van der Waals surface area contributed by atoms with Gasteiger partial charge >= 0.3 is 0 Å². The third-order valence-corrected chi connectivity index (χ3v) is 4.84. The molecule has 0 atom stereocenters. The fraction of sp³-hybridized carbons (Fsp3) is 0.812. The largest absolute Gasteiger partial charge is 0.346 e. The Morgan fingerprint density at radius 1 is 1.30 bits per heavy atom. The smallest absolute Gasteiger partial charge is 0.186 e. The van der Waals surface area contributed by atoms with Gasteiger partial charge in [0.25, 0.3) is 0 Å². The second-order valence-electron chi connectivity index (χ2n) is 6.48. The van der Waals surface area contributed by atoms with Crippen molar-refractivity contribution in [2.75, 3.05) is 18.0 Å². The second-order valence-corrected chi connectivity index (χ2v) is 7.55. The summed E-state index contributed by atoms with van der Waals surface area (Å²) in [7, 11) is 0. The van der Waals surface area contributed by atoms with Crippen molar-refractivity contribution in [1.82, 2.24) is 10.3 Å². The highest BCUT2D eigenvalue weighted by atomic mass is 32.1. The van der Waals surface area contributed by atoms with Crippen LogP contribution in [0.1, 0.15) is 63.9 Å². The van der Waals surface area contributed by atoms with Gasteiger partial charge in [-0.05, 0) is 46.1 Å². The number of nitrogens with zero attached hydrogens (tertiary/aromatic N) is 2. The van der Waals surface area contributed by atoms with Crippen LogP contribution in [0, 0.1) is 5.92 Å². The van der Waals surface area contributed by atoms with Crippen LogP contribution in [-0.4, -0.2) is 24.1 Å². The maximum Gasteiger partial charge on any atom is 0.186 e. The highest BCUT2D eigenvalue weighted by Gasteiger charge is 2.30. The summed E-state index contributed by atoms with van der Waals surface area (Å²) in [6.07, 6.45) is 2.66. The summed E-state index contributed by atoms with van der Waals surface area (Å²) in [6, 6.07) is 0.523. The van der Waals surface area contributed by atoms with Crippen LogP contribution in [0.2, 0.25) is 0 Å². The molecule has 0 bridgehead atoms. The van der Waals surface area contributed by atoms with Crippen LogP contribution in [0.25, 0.3) is 0 Å². The molecule has 0 aliphatic heterocycles. The molecule has 1 N–H and O–H groups in total. The van der Waals surface area contributed by atoms with Crippen LogP contribution in [0.5, 0.6) is 0 Å². The summed E-state index contributed by atoms with van der Waals surface area (Å²) in [5.41, 5.74) is 1.38. The van der Waals surface area contributed by atoms with Gasteiger partial charge in [-0.25, -0.2) is 4.98 Å². The van der Waals surface area contributed by atoms with E-state index < -0.39 is 0 Å². The quantitative estimate of drug-likeness (QED) is 0.785. The lowest BCUT2D eigenvalue weighted by atomic mass is 10.2. The molecule has 20 heavy (non-hydrogen) atoms. The van der Waals surface area contributed by atoms with Crippen molar-refractivity contribution in [2.45, 2.75) is 66.0 Å². The highest BCUT2D eigenvalue weighted by Crippen LogP contribution is 2.44. The summed E-state index contributed by atoms with van der Waals surface area (Å²) in [4.78, 5) is 8.83. The monoisotopic (exact) mass is 295 g/mol. The maximum absolute atomic E-state index is 4.97. The average Bonchev–Trinajstić information content (AvgIpc) is 3.12. The van der Waals surface area contributed by atoms with Gasteiger partial charge in [0.15, 0.2) is 5.13 Å². The summed E-state index contributed by atoms with van der Waals surface area (Å²) >= 11 is 1.89. The Morgan fingerprint density at radius 3 is 2.50 bits per heavy atom. The molecule has 0 spiro atoms. The van der Waals surface area contributed by atoms with Gasteiger partial charge < -0.3 is 10.2 Å². The van der Waals surface area contributed by atoms with Crippen LogP contribution < -0.4 is 10.2 Å². The van der Waals surface area contributed by atoms with E-state index in [1.807, 2.05) is 11.3 Å². The van der Waals surface area contributed by atoms with Crippen LogP contribution in [0.15, 0.2) is 0 Å². The first kappa shape index (κ1) is 15.8. The van der Waals surface area contributed by atoms with Crippen LogP contribution in [-0.2, 0) is 6.54 Å². The first-order chi connectivity index (χ1) is 9.52. The normalized spacial score (nSPS) is 15.3. The molecule has 1 aliphatic carbocycles. The van der Waals surface area contributed by atoms with Crippen molar-refractivity contribution in [2.24, 2.45) is 5.92 Å². The minimum Gasteiger partial charge on any atom is -0.346 e. The topological polar surface area (TPSA) is 28.2 Å². The van der Waals surface area contributed by atoms with E-state index in [1.54, 1.807) is 0 Å². The van der Waals surface area contributed by atoms with Gasteiger partial charge in [-0.15, -0.1) is 11.3 Å². The zero-order chi connectivity index (χ0) is 14.7. The van der Waals surface area contributed by atoms with Gasteiger partial charge in [0.05, 0.1) is 5.69 Å².